The van der Waals surface area contributed by atoms with Gasteiger partial charge in [-0.15, -0.1) is 0 Å². The number of benzene rings is 2. The molecule has 0 saturated carbocycles. The minimum atomic E-state index is -0.747. The molecule has 0 aliphatic heterocycles. The second-order valence-electron chi connectivity index (χ2n) is 7.32. The first-order valence-corrected chi connectivity index (χ1v) is 9.73. The van der Waals surface area contributed by atoms with E-state index in [0.717, 1.165) is 11.1 Å². The van der Waals surface area contributed by atoms with Crippen LogP contribution in [0.3, 0.4) is 0 Å². The molecule has 0 fully saturated rings. The summed E-state index contributed by atoms with van der Waals surface area (Å²) in [7, 11) is 1.30. The maximum absolute atomic E-state index is 12.9. The first-order chi connectivity index (χ1) is 13.9. The first-order valence-electron chi connectivity index (χ1n) is 9.73. The van der Waals surface area contributed by atoms with Gasteiger partial charge in [-0.05, 0) is 42.0 Å². The van der Waals surface area contributed by atoms with Crippen molar-refractivity contribution >= 4 is 12.1 Å². The zero-order chi connectivity index (χ0) is 21.2. The highest BCUT2D eigenvalue weighted by Crippen LogP contribution is 2.18. The monoisotopic (exact) mass is 399 g/mol. The van der Waals surface area contributed by atoms with Crippen LogP contribution >= 0.6 is 0 Å². The normalized spacial score (nSPS) is 11.7. The molecule has 1 amide bonds. The number of esters is 1. The fourth-order valence-electron chi connectivity index (χ4n) is 3.08. The summed E-state index contributed by atoms with van der Waals surface area (Å²) in [5, 5.41) is 9.65. The van der Waals surface area contributed by atoms with E-state index >= 15 is 0 Å². The second kappa shape index (κ2) is 11.1. The summed E-state index contributed by atoms with van der Waals surface area (Å²) in [6.07, 6.45) is 0.361. The average Bonchev–Trinajstić information content (AvgIpc) is 2.71. The van der Waals surface area contributed by atoms with Crippen LogP contribution in [0.25, 0.3) is 0 Å². The lowest BCUT2D eigenvalue weighted by atomic mass is 10.0. The summed E-state index contributed by atoms with van der Waals surface area (Å²) in [6.45, 7) is 4.40. The van der Waals surface area contributed by atoms with Crippen molar-refractivity contribution in [2.75, 3.05) is 13.7 Å². The summed E-state index contributed by atoms with van der Waals surface area (Å²) in [6, 6.07) is 15.5. The van der Waals surface area contributed by atoms with Gasteiger partial charge in [-0.2, -0.15) is 0 Å². The standard InChI is InChI=1S/C23H29NO5/c1-17(2)14-21(22(26)29-16-19-8-5-4-6-9-19)24(23(27)28-3)13-12-18-10-7-11-20(25)15-18/h4-11,15,17,21,25H,12-14,16H2,1-3H3/t21-/m0/s1. The van der Waals surface area contributed by atoms with Gasteiger partial charge in [-0.1, -0.05) is 56.3 Å². The third-order valence-electron chi connectivity index (χ3n) is 4.53. The van der Waals surface area contributed by atoms with Crippen LogP contribution in [0, 0.1) is 5.92 Å². The van der Waals surface area contributed by atoms with Crippen LogP contribution in [-0.4, -0.2) is 41.8 Å². The molecular formula is C23H29NO5. The Morgan fingerprint density at radius 3 is 2.34 bits per heavy atom. The Morgan fingerprint density at radius 1 is 1.03 bits per heavy atom. The summed E-state index contributed by atoms with van der Waals surface area (Å²) in [5.74, 6) is -0.116. The molecule has 156 valence electrons. The van der Waals surface area contributed by atoms with Gasteiger partial charge in [0, 0.05) is 6.54 Å². The number of rotatable bonds is 9. The van der Waals surface area contributed by atoms with E-state index in [1.165, 1.54) is 12.0 Å². The number of aromatic hydroxyl groups is 1. The summed E-state index contributed by atoms with van der Waals surface area (Å²) < 4.78 is 10.4. The van der Waals surface area contributed by atoms with Gasteiger partial charge >= 0.3 is 12.1 Å². The van der Waals surface area contributed by atoms with Crippen molar-refractivity contribution in [1.29, 1.82) is 0 Å². The molecule has 1 atom stereocenters. The van der Waals surface area contributed by atoms with E-state index < -0.39 is 18.1 Å². The molecule has 2 aromatic rings. The third kappa shape index (κ3) is 7.14. The average molecular weight is 399 g/mol. The van der Waals surface area contributed by atoms with Gasteiger partial charge in [-0.25, -0.2) is 9.59 Å². The number of ether oxygens (including phenoxy) is 2. The topological polar surface area (TPSA) is 76.1 Å². The van der Waals surface area contributed by atoms with Crippen molar-refractivity contribution in [3.63, 3.8) is 0 Å². The zero-order valence-electron chi connectivity index (χ0n) is 17.2. The molecular weight excluding hydrogens is 370 g/mol. The molecule has 0 radical (unpaired) electrons. The third-order valence-corrected chi connectivity index (χ3v) is 4.53. The van der Waals surface area contributed by atoms with Gasteiger partial charge in [-0.3, -0.25) is 4.90 Å². The molecule has 0 saturated heterocycles. The Hall–Kier alpha value is -3.02. The van der Waals surface area contributed by atoms with E-state index in [4.69, 9.17) is 9.47 Å². The Labute approximate surface area is 172 Å². The summed E-state index contributed by atoms with van der Waals surface area (Å²) in [4.78, 5) is 26.7. The number of nitrogens with zero attached hydrogens (tertiary/aromatic N) is 1. The number of hydrogen-bond acceptors (Lipinski definition) is 5. The lowest BCUT2D eigenvalue weighted by Crippen LogP contribution is -2.47. The number of amides is 1. The van der Waals surface area contributed by atoms with Crippen LogP contribution in [0.4, 0.5) is 4.79 Å². The van der Waals surface area contributed by atoms with Crippen LogP contribution in [-0.2, 0) is 27.3 Å². The largest absolute Gasteiger partial charge is 0.508 e. The highest BCUT2D eigenvalue weighted by molar-refractivity contribution is 5.81. The fraction of sp³-hybridized carbons (Fsp3) is 0.391. The van der Waals surface area contributed by atoms with Crippen molar-refractivity contribution < 1.29 is 24.2 Å². The highest BCUT2D eigenvalue weighted by Gasteiger charge is 2.32. The number of carbonyl (C=O) groups is 2. The molecule has 0 unspecified atom stereocenters. The van der Waals surface area contributed by atoms with E-state index in [-0.39, 0.29) is 24.8 Å². The van der Waals surface area contributed by atoms with Gasteiger partial charge in [0.25, 0.3) is 0 Å². The lowest BCUT2D eigenvalue weighted by Gasteiger charge is -2.30. The Kier molecular flexibility index (Phi) is 8.52. The van der Waals surface area contributed by atoms with Crippen LogP contribution in [0.1, 0.15) is 31.4 Å². The van der Waals surface area contributed by atoms with Crippen molar-refractivity contribution in [1.82, 2.24) is 4.90 Å². The Bertz CT molecular complexity index is 791. The Morgan fingerprint density at radius 2 is 1.72 bits per heavy atom. The van der Waals surface area contributed by atoms with Gasteiger partial charge in [0.1, 0.15) is 18.4 Å². The molecule has 0 aromatic heterocycles. The molecule has 0 spiro atoms. The van der Waals surface area contributed by atoms with Gasteiger partial charge < -0.3 is 14.6 Å². The predicted molar refractivity (Wildman–Crippen MR) is 110 cm³/mol. The lowest BCUT2D eigenvalue weighted by molar-refractivity contribution is -0.151. The minimum Gasteiger partial charge on any atom is -0.508 e. The molecule has 6 heteroatoms. The first kappa shape index (κ1) is 22.3. The molecule has 0 aliphatic carbocycles. The number of phenolic OH excluding ortho intramolecular Hbond substituents is 1. The van der Waals surface area contributed by atoms with E-state index in [2.05, 4.69) is 0 Å². The fourth-order valence-corrected chi connectivity index (χ4v) is 3.08. The molecule has 2 rings (SSSR count). The quantitative estimate of drug-likeness (QED) is 0.641. The summed E-state index contributed by atoms with van der Waals surface area (Å²) in [5.41, 5.74) is 1.74. The van der Waals surface area contributed by atoms with Crippen molar-refractivity contribution in [3.8, 4) is 5.75 Å². The summed E-state index contributed by atoms with van der Waals surface area (Å²) >= 11 is 0. The molecule has 2 aromatic carbocycles. The Balaban J connectivity index is 2.13. The highest BCUT2D eigenvalue weighted by atomic mass is 16.6. The van der Waals surface area contributed by atoms with E-state index in [1.54, 1.807) is 18.2 Å². The van der Waals surface area contributed by atoms with Gasteiger partial charge in [0.2, 0.25) is 0 Å². The van der Waals surface area contributed by atoms with Crippen molar-refractivity contribution in [2.45, 2.75) is 39.3 Å². The molecule has 0 bridgehead atoms. The molecule has 1 N–H and O–H groups in total. The number of methoxy groups -OCH3 is 1. The zero-order valence-corrected chi connectivity index (χ0v) is 17.2. The van der Waals surface area contributed by atoms with Crippen LogP contribution in [0.5, 0.6) is 5.75 Å². The molecule has 29 heavy (non-hydrogen) atoms. The minimum absolute atomic E-state index is 0.149. The molecule has 6 nitrogen and oxygen atoms in total. The number of hydrogen-bond donors (Lipinski definition) is 1. The smallest absolute Gasteiger partial charge is 0.410 e. The van der Waals surface area contributed by atoms with Gasteiger partial charge in [0.05, 0.1) is 7.11 Å². The molecule has 0 heterocycles. The SMILES string of the molecule is COC(=O)N(CCc1cccc(O)c1)[C@@H](CC(C)C)C(=O)OCc1ccccc1. The van der Waals surface area contributed by atoms with Crippen LogP contribution < -0.4 is 0 Å². The van der Waals surface area contributed by atoms with Crippen LogP contribution in [0.2, 0.25) is 0 Å². The predicted octanol–water partition coefficient (Wildman–Crippen LogP) is 4.16. The maximum Gasteiger partial charge on any atom is 0.410 e. The van der Waals surface area contributed by atoms with Crippen molar-refractivity contribution in [3.05, 3.63) is 65.7 Å². The second-order valence-corrected chi connectivity index (χ2v) is 7.32. The van der Waals surface area contributed by atoms with Crippen molar-refractivity contribution in [2.24, 2.45) is 5.92 Å². The van der Waals surface area contributed by atoms with E-state index in [1.807, 2.05) is 50.2 Å². The van der Waals surface area contributed by atoms with Crippen LogP contribution in [0.15, 0.2) is 54.6 Å². The van der Waals surface area contributed by atoms with Gasteiger partial charge in [0.15, 0.2) is 0 Å². The maximum atomic E-state index is 12.9. The number of phenols is 1. The van der Waals surface area contributed by atoms with E-state index in [9.17, 15) is 14.7 Å². The number of carbonyl (C=O) groups excluding carboxylic acids is 2. The van der Waals surface area contributed by atoms with E-state index in [0.29, 0.717) is 12.8 Å². The molecule has 0 aliphatic rings.